The van der Waals surface area contributed by atoms with Crippen molar-refractivity contribution in [2.75, 3.05) is 11.9 Å². The number of hydrogen-bond acceptors (Lipinski definition) is 4. The zero-order valence-electron chi connectivity index (χ0n) is 12.0. The Morgan fingerprint density at radius 3 is 2.52 bits per heavy atom. The molecule has 0 unspecified atom stereocenters. The van der Waals surface area contributed by atoms with Gasteiger partial charge in [0.25, 0.3) is 0 Å². The number of aryl methyl sites for hydroxylation is 1. The van der Waals surface area contributed by atoms with E-state index in [1.807, 2.05) is 0 Å². The van der Waals surface area contributed by atoms with Gasteiger partial charge >= 0.3 is 0 Å². The van der Waals surface area contributed by atoms with Crippen LogP contribution < -0.4 is 5.32 Å². The second-order valence-electron chi connectivity index (χ2n) is 4.38. The van der Waals surface area contributed by atoms with Crippen molar-refractivity contribution in [1.82, 2.24) is 9.97 Å². The van der Waals surface area contributed by atoms with Crippen molar-refractivity contribution in [3.63, 3.8) is 0 Å². The van der Waals surface area contributed by atoms with Gasteiger partial charge in [0.2, 0.25) is 0 Å². The van der Waals surface area contributed by atoms with Crippen LogP contribution >= 0.6 is 50.3 Å². The Kier molecular flexibility index (Phi) is 6.75. The number of aromatic nitrogens is 2. The maximum absolute atomic E-state index is 4.68. The summed E-state index contributed by atoms with van der Waals surface area (Å²) >= 11 is 7.54. The standard InChI is InChI=1S/C15H17BrIN3S/c1-3-12-14(17)15(18-4-2)20-13(19-12)9-21-11-7-5-10(16)6-8-11/h5-8H,3-4,9H2,1-2H3,(H,18,19,20). The summed E-state index contributed by atoms with van der Waals surface area (Å²) in [6.07, 6.45) is 0.926. The number of nitrogens with zero attached hydrogens (tertiary/aromatic N) is 2. The SMILES string of the molecule is CCNc1nc(CSc2ccc(Br)cc2)nc(CC)c1I. The molecule has 0 spiro atoms. The van der Waals surface area contributed by atoms with Crippen molar-refractivity contribution in [2.45, 2.75) is 30.9 Å². The summed E-state index contributed by atoms with van der Waals surface area (Å²) < 4.78 is 2.23. The van der Waals surface area contributed by atoms with E-state index in [9.17, 15) is 0 Å². The van der Waals surface area contributed by atoms with Gasteiger partial charge in [0.1, 0.15) is 11.6 Å². The molecule has 0 aliphatic heterocycles. The van der Waals surface area contributed by atoms with Crippen molar-refractivity contribution in [3.05, 3.63) is 43.8 Å². The Morgan fingerprint density at radius 1 is 1.19 bits per heavy atom. The fourth-order valence-electron chi connectivity index (χ4n) is 1.81. The smallest absolute Gasteiger partial charge is 0.143 e. The lowest BCUT2D eigenvalue weighted by molar-refractivity contribution is 0.923. The number of anilines is 1. The van der Waals surface area contributed by atoms with Gasteiger partial charge in [-0.3, -0.25) is 0 Å². The van der Waals surface area contributed by atoms with E-state index in [0.29, 0.717) is 0 Å². The zero-order chi connectivity index (χ0) is 15.2. The van der Waals surface area contributed by atoms with E-state index in [1.165, 1.54) is 4.90 Å². The lowest BCUT2D eigenvalue weighted by atomic mass is 10.3. The van der Waals surface area contributed by atoms with Gasteiger partial charge in [0.15, 0.2) is 0 Å². The molecule has 1 N–H and O–H groups in total. The molecule has 0 aliphatic carbocycles. The average Bonchev–Trinajstić information content (AvgIpc) is 2.49. The van der Waals surface area contributed by atoms with Crippen LogP contribution in [0, 0.1) is 3.57 Å². The van der Waals surface area contributed by atoms with Gasteiger partial charge in [-0.25, -0.2) is 9.97 Å². The molecule has 0 fully saturated rings. The number of halogens is 2. The monoisotopic (exact) mass is 477 g/mol. The molecule has 3 nitrogen and oxygen atoms in total. The van der Waals surface area contributed by atoms with Gasteiger partial charge in [0.05, 0.1) is 15.0 Å². The second-order valence-corrected chi connectivity index (χ2v) is 7.42. The molecule has 0 radical (unpaired) electrons. The summed E-state index contributed by atoms with van der Waals surface area (Å²) in [5.74, 6) is 2.62. The fraction of sp³-hybridized carbons (Fsp3) is 0.333. The molecule has 1 aromatic heterocycles. The molecule has 0 atom stereocenters. The molecule has 21 heavy (non-hydrogen) atoms. The Bertz CT molecular complexity index is 605. The van der Waals surface area contributed by atoms with Gasteiger partial charge in [-0.15, -0.1) is 11.8 Å². The molecule has 0 saturated carbocycles. The Balaban J connectivity index is 2.15. The van der Waals surface area contributed by atoms with Crippen molar-refractivity contribution in [3.8, 4) is 0 Å². The number of nitrogens with one attached hydrogen (secondary N) is 1. The highest BCUT2D eigenvalue weighted by atomic mass is 127. The molecule has 1 heterocycles. The molecule has 0 bridgehead atoms. The molecule has 0 aliphatic rings. The van der Waals surface area contributed by atoms with Crippen LogP contribution in [0.1, 0.15) is 25.4 Å². The highest BCUT2D eigenvalue weighted by Gasteiger charge is 2.10. The minimum atomic E-state index is 0.782. The molecule has 6 heteroatoms. The predicted molar refractivity (Wildman–Crippen MR) is 102 cm³/mol. The average molecular weight is 478 g/mol. The van der Waals surface area contributed by atoms with E-state index >= 15 is 0 Å². The summed E-state index contributed by atoms with van der Waals surface area (Å²) in [6, 6.07) is 8.32. The molecule has 112 valence electrons. The van der Waals surface area contributed by atoms with Crippen LogP contribution in [0.5, 0.6) is 0 Å². The maximum Gasteiger partial charge on any atom is 0.143 e. The van der Waals surface area contributed by atoms with Gasteiger partial charge in [-0.05, 0) is 60.2 Å². The predicted octanol–water partition coefficient (Wildman–Crippen LogP) is 5.13. The molecular formula is C15H17BrIN3S. The third-order valence-corrected chi connectivity index (χ3v) is 5.50. The summed E-state index contributed by atoms with van der Waals surface area (Å²) in [5, 5.41) is 3.32. The van der Waals surface area contributed by atoms with E-state index in [2.05, 4.69) is 91.9 Å². The largest absolute Gasteiger partial charge is 0.369 e. The first-order chi connectivity index (χ1) is 10.1. The van der Waals surface area contributed by atoms with Crippen LogP contribution in [0.4, 0.5) is 5.82 Å². The number of hydrogen-bond donors (Lipinski definition) is 1. The lowest BCUT2D eigenvalue weighted by Gasteiger charge is -2.11. The van der Waals surface area contributed by atoms with Crippen molar-refractivity contribution in [2.24, 2.45) is 0 Å². The third kappa shape index (κ3) is 4.82. The van der Waals surface area contributed by atoms with Crippen LogP contribution in [0.2, 0.25) is 0 Å². The normalized spacial score (nSPS) is 10.7. The first-order valence-electron chi connectivity index (χ1n) is 6.81. The van der Waals surface area contributed by atoms with E-state index < -0.39 is 0 Å². The molecule has 2 rings (SSSR count). The first kappa shape index (κ1) is 17.0. The van der Waals surface area contributed by atoms with E-state index in [4.69, 9.17) is 0 Å². The van der Waals surface area contributed by atoms with Crippen LogP contribution in [0.25, 0.3) is 0 Å². The maximum atomic E-state index is 4.68. The van der Waals surface area contributed by atoms with Crippen LogP contribution in [0.15, 0.2) is 33.6 Å². The van der Waals surface area contributed by atoms with Crippen molar-refractivity contribution < 1.29 is 0 Å². The number of benzene rings is 1. The van der Waals surface area contributed by atoms with Gasteiger partial charge in [-0.2, -0.15) is 0 Å². The Morgan fingerprint density at radius 2 is 1.90 bits per heavy atom. The molecule has 1 aromatic carbocycles. The van der Waals surface area contributed by atoms with Crippen LogP contribution in [-0.4, -0.2) is 16.5 Å². The van der Waals surface area contributed by atoms with Crippen LogP contribution in [-0.2, 0) is 12.2 Å². The Labute approximate surface area is 152 Å². The fourth-order valence-corrected chi connectivity index (χ4v) is 3.64. The third-order valence-electron chi connectivity index (χ3n) is 2.83. The molecule has 2 aromatic rings. The second kappa shape index (κ2) is 8.33. The van der Waals surface area contributed by atoms with Gasteiger partial charge in [-0.1, -0.05) is 22.9 Å². The van der Waals surface area contributed by atoms with E-state index in [-0.39, 0.29) is 0 Å². The number of rotatable bonds is 6. The first-order valence-corrected chi connectivity index (χ1v) is 9.67. The molecule has 0 amide bonds. The Hall–Kier alpha value is -0.340. The highest BCUT2D eigenvalue weighted by molar-refractivity contribution is 14.1. The molecule has 0 saturated heterocycles. The zero-order valence-corrected chi connectivity index (χ0v) is 16.5. The van der Waals surface area contributed by atoms with Crippen molar-refractivity contribution in [1.29, 1.82) is 0 Å². The topological polar surface area (TPSA) is 37.8 Å². The van der Waals surface area contributed by atoms with Gasteiger partial charge < -0.3 is 5.32 Å². The van der Waals surface area contributed by atoms with Gasteiger partial charge in [0, 0.05) is 15.9 Å². The van der Waals surface area contributed by atoms with Crippen LogP contribution in [0.3, 0.4) is 0 Å². The highest BCUT2D eigenvalue weighted by Crippen LogP contribution is 2.25. The van der Waals surface area contributed by atoms with E-state index in [0.717, 1.165) is 44.1 Å². The lowest BCUT2D eigenvalue weighted by Crippen LogP contribution is -2.09. The summed E-state index contributed by atoms with van der Waals surface area (Å²) in [6.45, 7) is 5.08. The summed E-state index contributed by atoms with van der Waals surface area (Å²) in [7, 11) is 0. The quantitative estimate of drug-likeness (QED) is 0.462. The minimum Gasteiger partial charge on any atom is -0.369 e. The van der Waals surface area contributed by atoms with E-state index in [1.54, 1.807) is 11.8 Å². The summed E-state index contributed by atoms with van der Waals surface area (Å²) in [5.41, 5.74) is 1.12. The molecular weight excluding hydrogens is 461 g/mol. The van der Waals surface area contributed by atoms with Crippen molar-refractivity contribution >= 4 is 56.1 Å². The number of thioether (sulfide) groups is 1. The minimum absolute atomic E-state index is 0.782. The summed E-state index contributed by atoms with van der Waals surface area (Å²) in [4.78, 5) is 10.5.